The SMILES string of the molecule is O=C1NC(=O)C(=Cc2ccc(-c3ccc([N+](=O)[O-])cc3)o2)S1. The van der Waals surface area contributed by atoms with Gasteiger partial charge in [0, 0.05) is 23.8 Å². The highest BCUT2D eigenvalue weighted by Gasteiger charge is 2.25. The van der Waals surface area contributed by atoms with Gasteiger partial charge in [0.25, 0.3) is 16.8 Å². The first kappa shape index (κ1) is 14.1. The minimum Gasteiger partial charge on any atom is -0.457 e. The van der Waals surface area contributed by atoms with Gasteiger partial charge in [0.15, 0.2) is 0 Å². The molecule has 2 aromatic rings. The van der Waals surface area contributed by atoms with Crippen LogP contribution in [0.5, 0.6) is 0 Å². The number of benzene rings is 1. The fourth-order valence-corrected chi connectivity index (χ4v) is 2.55. The molecule has 8 heteroatoms. The van der Waals surface area contributed by atoms with Crippen LogP contribution in [0, 0.1) is 10.1 Å². The van der Waals surface area contributed by atoms with Gasteiger partial charge in [-0.05, 0) is 36.0 Å². The molecular weight excluding hydrogens is 308 g/mol. The van der Waals surface area contributed by atoms with Crippen LogP contribution in [0.3, 0.4) is 0 Å². The molecule has 1 aliphatic rings. The maximum atomic E-state index is 11.4. The van der Waals surface area contributed by atoms with E-state index in [4.69, 9.17) is 4.42 Å². The summed E-state index contributed by atoms with van der Waals surface area (Å²) in [6.45, 7) is 0. The molecule has 0 atom stereocenters. The number of nitro benzene ring substituents is 1. The lowest BCUT2D eigenvalue weighted by Crippen LogP contribution is -2.17. The van der Waals surface area contributed by atoms with Crippen molar-refractivity contribution in [3.8, 4) is 11.3 Å². The summed E-state index contributed by atoms with van der Waals surface area (Å²) in [6.07, 6.45) is 1.47. The number of carbonyl (C=O) groups is 2. The summed E-state index contributed by atoms with van der Waals surface area (Å²) in [7, 11) is 0. The van der Waals surface area contributed by atoms with Crippen LogP contribution in [-0.4, -0.2) is 16.1 Å². The highest BCUT2D eigenvalue weighted by molar-refractivity contribution is 8.18. The van der Waals surface area contributed by atoms with Crippen LogP contribution >= 0.6 is 11.8 Å². The number of amides is 2. The molecule has 2 heterocycles. The van der Waals surface area contributed by atoms with Crippen LogP contribution in [0.25, 0.3) is 17.4 Å². The van der Waals surface area contributed by atoms with Gasteiger partial charge in [-0.2, -0.15) is 0 Å². The van der Waals surface area contributed by atoms with E-state index in [0.717, 1.165) is 11.8 Å². The zero-order chi connectivity index (χ0) is 15.7. The third-order valence-corrected chi connectivity index (χ3v) is 3.72. The first-order valence-corrected chi connectivity index (χ1v) is 6.94. The van der Waals surface area contributed by atoms with E-state index in [1.54, 1.807) is 24.3 Å². The van der Waals surface area contributed by atoms with Gasteiger partial charge in [-0.25, -0.2) is 0 Å². The Kier molecular flexibility index (Phi) is 3.51. The monoisotopic (exact) mass is 316 g/mol. The molecule has 0 aliphatic carbocycles. The van der Waals surface area contributed by atoms with Gasteiger partial charge >= 0.3 is 0 Å². The second-order valence-corrected chi connectivity index (χ2v) is 5.37. The Morgan fingerprint density at radius 1 is 1.14 bits per heavy atom. The van der Waals surface area contributed by atoms with Crippen molar-refractivity contribution in [2.75, 3.05) is 0 Å². The zero-order valence-electron chi connectivity index (χ0n) is 10.9. The Labute approximate surface area is 128 Å². The number of furan rings is 1. The molecule has 1 N–H and O–H groups in total. The van der Waals surface area contributed by atoms with E-state index in [9.17, 15) is 19.7 Å². The first-order valence-electron chi connectivity index (χ1n) is 6.12. The summed E-state index contributed by atoms with van der Waals surface area (Å²) in [5.74, 6) is 0.473. The van der Waals surface area contributed by atoms with E-state index in [1.165, 1.54) is 18.2 Å². The fourth-order valence-electron chi connectivity index (χ4n) is 1.88. The van der Waals surface area contributed by atoms with Crippen molar-refractivity contribution in [1.29, 1.82) is 0 Å². The molecule has 1 aliphatic heterocycles. The Morgan fingerprint density at radius 3 is 2.45 bits per heavy atom. The van der Waals surface area contributed by atoms with Crippen molar-refractivity contribution in [1.82, 2.24) is 5.32 Å². The van der Waals surface area contributed by atoms with Crippen LogP contribution in [0.4, 0.5) is 10.5 Å². The zero-order valence-corrected chi connectivity index (χ0v) is 11.8. The normalized spacial score (nSPS) is 16.1. The fraction of sp³-hybridized carbons (Fsp3) is 0. The molecule has 7 nitrogen and oxygen atoms in total. The number of hydrogen-bond donors (Lipinski definition) is 1. The minimum atomic E-state index is -0.477. The van der Waals surface area contributed by atoms with Gasteiger partial charge in [-0.3, -0.25) is 25.0 Å². The number of imide groups is 1. The molecule has 0 spiro atoms. The van der Waals surface area contributed by atoms with Crippen LogP contribution in [0.2, 0.25) is 0 Å². The molecular formula is C14H8N2O5S. The van der Waals surface area contributed by atoms with Crippen molar-refractivity contribution in [3.05, 3.63) is 57.2 Å². The van der Waals surface area contributed by atoms with Crippen LogP contribution in [-0.2, 0) is 4.79 Å². The highest BCUT2D eigenvalue weighted by atomic mass is 32.2. The average molecular weight is 316 g/mol. The lowest BCUT2D eigenvalue weighted by atomic mass is 10.1. The van der Waals surface area contributed by atoms with Gasteiger partial charge in [0.2, 0.25) is 0 Å². The number of nitrogens with zero attached hydrogens (tertiary/aromatic N) is 1. The molecule has 1 saturated heterocycles. The number of nitro groups is 1. The van der Waals surface area contributed by atoms with Crippen LogP contribution in [0.1, 0.15) is 5.76 Å². The summed E-state index contributed by atoms with van der Waals surface area (Å²) in [5.41, 5.74) is 0.671. The summed E-state index contributed by atoms with van der Waals surface area (Å²) >= 11 is 0.805. The number of carbonyl (C=O) groups excluding carboxylic acids is 2. The summed E-state index contributed by atoms with van der Waals surface area (Å²) < 4.78 is 5.56. The van der Waals surface area contributed by atoms with Gasteiger partial charge in [-0.15, -0.1) is 0 Å². The molecule has 110 valence electrons. The van der Waals surface area contributed by atoms with Gasteiger partial charge in [0.05, 0.1) is 9.83 Å². The number of rotatable bonds is 3. The number of nitrogens with one attached hydrogen (secondary N) is 1. The Bertz CT molecular complexity index is 807. The molecule has 1 aromatic carbocycles. The van der Waals surface area contributed by atoms with Gasteiger partial charge < -0.3 is 4.42 Å². The third kappa shape index (κ3) is 2.77. The van der Waals surface area contributed by atoms with Crippen molar-refractivity contribution in [2.24, 2.45) is 0 Å². The van der Waals surface area contributed by atoms with E-state index in [1.807, 2.05) is 0 Å². The van der Waals surface area contributed by atoms with Crippen molar-refractivity contribution < 1.29 is 18.9 Å². The lowest BCUT2D eigenvalue weighted by molar-refractivity contribution is -0.384. The molecule has 2 amide bonds. The predicted octanol–water partition coefficient (Wildman–Crippen LogP) is 3.18. The van der Waals surface area contributed by atoms with E-state index >= 15 is 0 Å². The molecule has 1 fully saturated rings. The maximum absolute atomic E-state index is 11.4. The molecule has 0 bridgehead atoms. The number of non-ortho nitro benzene ring substituents is 1. The molecule has 0 radical (unpaired) electrons. The van der Waals surface area contributed by atoms with Crippen LogP contribution in [0.15, 0.2) is 45.7 Å². The first-order chi connectivity index (χ1) is 10.5. The molecule has 3 rings (SSSR count). The van der Waals surface area contributed by atoms with Crippen molar-refractivity contribution >= 4 is 34.7 Å². The standard InChI is InChI=1S/C14H8N2O5S/c17-13-12(22-14(18)15-13)7-10-5-6-11(21-10)8-1-3-9(4-2-8)16(19)20/h1-7H,(H,15,17,18). The molecule has 1 aromatic heterocycles. The smallest absolute Gasteiger partial charge is 0.290 e. The Hall–Kier alpha value is -2.87. The topological polar surface area (TPSA) is 102 Å². The van der Waals surface area contributed by atoms with E-state index in [0.29, 0.717) is 17.1 Å². The maximum Gasteiger partial charge on any atom is 0.290 e. The van der Waals surface area contributed by atoms with E-state index < -0.39 is 16.1 Å². The van der Waals surface area contributed by atoms with Crippen LogP contribution < -0.4 is 5.32 Å². The highest BCUT2D eigenvalue weighted by Crippen LogP contribution is 2.29. The Morgan fingerprint density at radius 2 is 1.86 bits per heavy atom. The predicted molar refractivity (Wildman–Crippen MR) is 79.9 cm³/mol. The minimum absolute atomic E-state index is 0.00446. The van der Waals surface area contributed by atoms with E-state index in [-0.39, 0.29) is 10.6 Å². The quantitative estimate of drug-likeness (QED) is 0.530. The Balaban J connectivity index is 1.85. The van der Waals surface area contributed by atoms with Gasteiger partial charge in [-0.1, -0.05) is 0 Å². The second-order valence-electron chi connectivity index (χ2n) is 4.36. The third-order valence-electron chi connectivity index (χ3n) is 2.90. The van der Waals surface area contributed by atoms with Gasteiger partial charge in [0.1, 0.15) is 11.5 Å². The number of hydrogen-bond acceptors (Lipinski definition) is 6. The molecule has 0 unspecified atom stereocenters. The van der Waals surface area contributed by atoms with Crippen molar-refractivity contribution in [3.63, 3.8) is 0 Å². The molecule has 0 saturated carbocycles. The summed E-state index contributed by atoms with van der Waals surface area (Å²) in [4.78, 5) is 32.9. The summed E-state index contributed by atoms with van der Waals surface area (Å²) in [5, 5.41) is 12.3. The summed E-state index contributed by atoms with van der Waals surface area (Å²) in [6, 6.07) is 9.26. The van der Waals surface area contributed by atoms with E-state index in [2.05, 4.69) is 5.32 Å². The number of thioether (sulfide) groups is 1. The molecule has 22 heavy (non-hydrogen) atoms. The lowest BCUT2D eigenvalue weighted by Gasteiger charge is -1.96. The second kappa shape index (κ2) is 5.49. The largest absolute Gasteiger partial charge is 0.457 e. The average Bonchev–Trinajstić information content (AvgIpc) is 3.06. The van der Waals surface area contributed by atoms with Crippen molar-refractivity contribution in [2.45, 2.75) is 0 Å².